The van der Waals surface area contributed by atoms with Crippen molar-refractivity contribution in [3.63, 3.8) is 0 Å². The molecule has 2 amide bonds. The maximum absolute atomic E-state index is 12.5. The molecular weight excluding hydrogens is 356 g/mol. The predicted molar refractivity (Wildman–Crippen MR) is 105 cm³/mol. The monoisotopic (exact) mass is 382 g/mol. The van der Waals surface area contributed by atoms with Gasteiger partial charge in [0.1, 0.15) is 12.1 Å². The Hall–Kier alpha value is -2.70. The fraction of sp³-hybridized carbons (Fsp3) is 0.364. The van der Waals surface area contributed by atoms with Gasteiger partial charge in [-0.1, -0.05) is 60.7 Å². The van der Waals surface area contributed by atoms with Crippen molar-refractivity contribution in [1.82, 2.24) is 10.6 Å². The highest BCUT2D eigenvalue weighted by molar-refractivity contribution is 5.97. The topological polar surface area (TPSA) is 76.7 Å². The zero-order valence-corrected chi connectivity index (χ0v) is 16.1. The van der Waals surface area contributed by atoms with Gasteiger partial charge >= 0.3 is 0 Å². The molecule has 6 nitrogen and oxygen atoms in total. The van der Waals surface area contributed by atoms with Crippen LogP contribution < -0.4 is 10.6 Å². The van der Waals surface area contributed by atoms with Crippen molar-refractivity contribution in [2.24, 2.45) is 0 Å². The van der Waals surface area contributed by atoms with E-state index in [9.17, 15) is 9.59 Å². The van der Waals surface area contributed by atoms with Crippen LogP contribution in [0.25, 0.3) is 0 Å². The summed E-state index contributed by atoms with van der Waals surface area (Å²) in [5.41, 5.74) is 2.02. The Balaban J connectivity index is 1.51. The highest BCUT2D eigenvalue weighted by atomic mass is 16.5. The Kier molecular flexibility index (Phi) is 6.79. The average Bonchev–Trinajstić information content (AvgIpc) is 2.73. The number of nitrogens with one attached hydrogen (secondary N) is 2. The van der Waals surface area contributed by atoms with E-state index in [1.807, 2.05) is 60.7 Å². The first-order valence-corrected chi connectivity index (χ1v) is 9.46. The highest BCUT2D eigenvalue weighted by Gasteiger charge is 2.39. The summed E-state index contributed by atoms with van der Waals surface area (Å²) in [7, 11) is 0. The molecule has 0 bridgehead atoms. The van der Waals surface area contributed by atoms with Gasteiger partial charge in [-0.05, 0) is 25.0 Å². The molecule has 0 aromatic heterocycles. The van der Waals surface area contributed by atoms with Crippen molar-refractivity contribution in [3.8, 4) is 0 Å². The van der Waals surface area contributed by atoms with E-state index >= 15 is 0 Å². The van der Waals surface area contributed by atoms with Crippen LogP contribution >= 0.6 is 0 Å². The summed E-state index contributed by atoms with van der Waals surface area (Å²) in [4.78, 5) is 25.0. The molecule has 1 aliphatic heterocycles. The van der Waals surface area contributed by atoms with Gasteiger partial charge in [-0.25, -0.2) is 0 Å². The number of benzene rings is 2. The summed E-state index contributed by atoms with van der Waals surface area (Å²) in [6.45, 7) is 4.32. The second-order valence-corrected chi connectivity index (χ2v) is 6.98. The van der Waals surface area contributed by atoms with Gasteiger partial charge < -0.3 is 20.1 Å². The van der Waals surface area contributed by atoms with E-state index in [2.05, 4.69) is 10.6 Å². The van der Waals surface area contributed by atoms with Gasteiger partial charge in [-0.15, -0.1) is 0 Å². The van der Waals surface area contributed by atoms with Crippen molar-refractivity contribution >= 4 is 11.8 Å². The number of amides is 2. The number of ether oxygens (including phenoxy) is 2. The molecular formula is C22H26N2O4. The summed E-state index contributed by atoms with van der Waals surface area (Å²) in [5, 5.41) is 5.55. The first-order valence-electron chi connectivity index (χ1n) is 9.46. The summed E-state index contributed by atoms with van der Waals surface area (Å²) < 4.78 is 11.6. The fourth-order valence-electron chi connectivity index (χ4n) is 3.07. The van der Waals surface area contributed by atoms with E-state index in [0.29, 0.717) is 13.2 Å². The summed E-state index contributed by atoms with van der Waals surface area (Å²) >= 11 is 0. The first kappa shape index (κ1) is 20.0. The number of hydrogen-bond donors (Lipinski definition) is 2. The Labute approximate surface area is 165 Å². The second kappa shape index (κ2) is 9.48. The Bertz CT molecular complexity index is 714. The molecule has 148 valence electrons. The number of hydrogen-bond acceptors (Lipinski definition) is 4. The zero-order valence-electron chi connectivity index (χ0n) is 16.1. The quantitative estimate of drug-likeness (QED) is 0.734. The summed E-state index contributed by atoms with van der Waals surface area (Å²) in [6.07, 6.45) is -0.906. The van der Waals surface area contributed by atoms with Crippen LogP contribution in [0.4, 0.5) is 0 Å². The molecule has 1 fully saturated rings. The van der Waals surface area contributed by atoms with E-state index in [1.165, 1.54) is 0 Å². The normalized spacial score (nSPS) is 21.5. The van der Waals surface area contributed by atoms with Crippen LogP contribution in [-0.2, 0) is 32.3 Å². The zero-order chi connectivity index (χ0) is 19.9. The van der Waals surface area contributed by atoms with E-state index in [-0.39, 0.29) is 11.8 Å². The van der Waals surface area contributed by atoms with Crippen molar-refractivity contribution in [1.29, 1.82) is 0 Å². The molecule has 0 aliphatic carbocycles. The number of rotatable bonds is 8. The number of carbonyl (C=O) groups is 2. The van der Waals surface area contributed by atoms with Gasteiger partial charge in [0.25, 0.3) is 0 Å². The van der Waals surface area contributed by atoms with Crippen LogP contribution in [0.3, 0.4) is 0 Å². The van der Waals surface area contributed by atoms with Crippen LogP contribution in [-0.4, -0.2) is 36.1 Å². The van der Waals surface area contributed by atoms with Gasteiger partial charge in [0, 0.05) is 0 Å². The van der Waals surface area contributed by atoms with E-state index in [4.69, 9.17) is 9.47 Å². The Morgan fingerprint density at radius 3 is 1.43 bits per heavy atom. The minimum atomic E-state index is -0.728. The molecule has 0 saturated carbocycles. The van der Waals surface area contributed by atoms with Gasteiger partial charge in [0.2, 0.25) is 11.8 Å². The minimum Gasteiger partial charge on any atom is -0.371 e. The lowest BCUT2D eigenvalue weighted by atomic mass is 10.0. The lowest BCUT2D eigenvalue weighted by molar-refractivity contribution is -0.144. The molecule has 1 aliphatic rings. The maximum Gasteiger partial charge on any atom is 0.246 e. The third-order valence-corrected chi connectivity index (χ3v) is 4.81. The van der Waals surface area contributed by atoms with E-state index in [0.717, 1.165) is 11.1 Å². The molecule has 1 saturated heterocycles. The Morgan fingerprint density at radius 2 is 1.07 bits per heavy atom. The smallest absolute Gasteiger partial charge is 0.246 e. The number of piperazine rings is 1. The van der Waals surface area contributed by atoms with Crippen molar-refractivity contribution < 1.29 is 19.1 Å². The average molecular weight is 382 g/mol. The highest BCUT2D eigenvalue weighted by Crippen LogP contribution is 2.13. The summed E-state index contributed by atoms with van der Waals surface area (Å²) in [5.74, 6) is -0.527. The van der Waals surface area contributed by atoms with Crippen LogP contribution in [0.15, 0.2) is 60.7 Å². The van der Waals surface area contributed by atoms with Crippen LogP contribution in [0.1, 0.15) is 25.0 Å². The molecule has 28 heavy (non-hydrogen) atoms. The molecule has 1 heterocycles. The minimum absolute atomic E-state index is 0.264. The molecule has 0 spiro atoms. The molecule has 2 N–H and O–H groups in total. The van der Waals surface area contributed by atoms with Crippen molar-refractivity contribution in [2.75, 3.05) is 0 Å². The maximum atomic E-state index is 12.5. The fourth-order valence-corrected chi connectivity index (χ4v) is 3.07. The van der Waals surface area contributed by atoms with Crippen LogP contribution in [0.2, 0.25) is 0 Å². The van der Waals surface area contributed by atoms with Gasteiger partial charge in [-0.3, -0.25) is 9.59 Å². The number of carbonyl (C=O) groups excluding carboxylic acids is 2. The molecule has 2 unspecified atom stereocenters. The first-order chi connectivity index (χ1) is 13.5. The third-order valence-electron chi connectivity index (χ3n) is 4.81. The standard InChI is InChI=1S/C22H26N2O4/c1-15(27-13-17-9-5-3-6-10-17)19-21(25)24-20(22(26)23-19)16(2)28-14-18-11-7-4-8-12-18/h3-12,15-16,19-20H,13-14H2,1-2H3,(H,23,26)(H,24,25)/t15?,16?,19-,20-/m0/s1. The molecule has 2 aromatic rings. The lowest BCUT2D eigenvalue weighted by Gasteiger charge is -2.35. The molecule has 3 rings (SSSR count). The Morgan fingerprint density at radius 1 is 0.714 bits per heavy atom. The van der Waals surface area contributed by atoms with Crippen LogP contribution in [0, 0.1) is 0 Å². The van der Waals surface area contributed by atoms with E-state index < -0.39 is 24.3 Å². The van der Waals surface area contributed by atoms with E-state index in [1.54, 1.807) is 13.8 Å². The largest absolute Gasteiger partial charge is 0.371 e. The molecule has 0 radical (unpaired) electrons. The van der Waals surface area contributed by atoms with Gasteiger partial charge in [-0.2, -0.15) is 0 Å². The van der Waals surface area contributed by atoms with Gasteiger partial charge in [0.05, 0.1) is 25.4 Å². The summed E-state index contributed by atoms with van der Waals surface area (Å²) in [6, 6.07) is 17.9. The second-order valence-electron chi connectivity index (χ2n) is 6.98. The third kappa shape index (κ3) is 5.18. The van der Waals surface area contributed by atoms with Crippen molar-refractivity contribution in [2.45, 2.75) is 51.4 Å². The molecule has 2 aromatic carbocycles. The lowest BCUT2D eigenvalue weighted by Crippen LogP contribution is -2.67. The van der Waals surface area contributed by atoms with Gasteiger partial charge in [0.15, 0.2) is 0 Å². The van der Waals surface area contributed by atoms with Crippen molar-refractivity contribution in [3.05, 3.63) is 71.8 Å². The molecule has 6 heteroatoms. The predicted octanol–water partition coefficient (Wildman–Crippen LogP) is 2.18. The SMILES string of the molecule is CC(OCc1ccccc1)[C@@H]1NC(=O)[C@H](C(C)OCc2ccccc2)NC1=O. The molecule has 4 atom stereocenters. The van der Waals surface area contributed by atoms with Crippen LogP contribution in [0.5, 0.6) is 0 Å².